The van der Waals surface area contributed by atoms with Gasteiger partial charge in [0, 0.05) is 16.5 Å². The maximum Gasteiger partial charge on any atom is 0.250 e. The fraction of sp³-hybridized carbons (Fsp3) is 0.217. The van der Waals surface area contributed by atoms with Crippen molar-refractivity contribution in [3.8, 4) is 22.8 Å². The van der Waals surface area contributed by atoms with E-state index in [1.807, 2.05) is 69.3 Å². The second-order valence-electron chi connectivity index (χ2n) is 6.21. The van der Waals surface area contributed by atoms with E-state index in [9.17, 15) is 4.79 Å². The van der Waals surface area contributed by atoms with Crippen LogP contribution in [0.2, 0.25) is 0 Å². The predicted octanol–water partition coefficient (Wildman–Crippen LogP) is 5.57. The van der Waals surface area contributed by atoms with Crippen LogP contribution in [0.5, 0.6) is 11.5 Å². The van der Waals surface area contributed by atoms with Crippen molar-refractivity contribution in [2.75, 3.05) is 18.5 Å². The maximum atomic E-state index is 12.3. The van der Waals surface area contributed by atoms with Gasteiger partial charge in [0.2, 0.25) is 5.91 Å². The quantitative estimate of drug-likeness (QED) is 0.495. The van der Waals surface area contributed by atoms with Crippen LogP contribution in [0.3, 0.4) is 0 Å². The Labute approximate surface area is 175 Å². The summed E-state index contributed by atoms with van der Waals surface area (Å²) in [5.74, 6) is 1.43. The zero-order chi connectivity index (χ0) is 20.6. The average molecular weight is 409 g/mol. The maximum absolute atomic E-state index is 12.3. The summed E-state index contributed by atoms with van der Waals surface area (Å²) in [5, 5.41) is 3.42. The molecule has 6 heteroatoms. The van der Waals surface area contributed by atoms with Crippen LogP contribution < -0.4 is 14.8 Å². The number of benzene rings is 2. The lowest BCUT2D eigenvalue weighted by molar-refractivity contribution is -0.111. The minimum absolute atomic E-state index is 0.217. The first-order valence-corrected chi connectivity index (χ1v) is 10.3. The molecule has 3 rings (SSSR count). The first kappa shape index (κ1) is 20.6. The molecule has 0 atom stereocenters. The molecule has 5 nitrogen and oxygen atoms in total. The van der Waals surface area contributed by atoms with Crippen LogP contribution in [0.15, 0.2) is 54.6 Å². The molecule has 0 spiro atoms. The van der Waals surface area contributed by atoms with E-state index in [-0.39, 0.29) is 5.91 Å². The van der Waals surface area contributed by atoms with E-state index >= 15 is 0 Å². The first-order chi connectivity index (χ1) is 14.1. The van der Waals surface area contributed by atoms with E-state index in [0.29, 0.717) is 18.3 Å². The largest absolute Gasteiger partial charge is 0.494 e. The van der Waals surface area contributed by atoms with Gasteiger partial charge in [0.15, 0.2) is 5.13 Å². The summed E-state index contributed by atoms with van der Waals surface area (Å²) in [7, 11) is 0. The molecular formula is C23H24N2O3S. The number of rotatable bonds is 8. The number of carbonyl (C=O) groups is 1. The molecule has 1 aromatic heterocycles. The number of hydrogen-bond donors (Lipinski definition) is 1. The van der Waals surface area contributed by atoms with Gasteiger partial charge in [0.1, 0.15) is 11.5 Å². The lowest BCUT2D eigenvalue weighted by atomic mass is 10.1. The van der Waals surface area contributed by atoms with E-state index in [4.69, 9.17) is 9.47 Å². The van der Waals surface area contributed by atoms with Crippen LogP contribution in [-0.4, -0.2) is 24.1 Å². The molecule has 0 fully saturated rings. The molecule has 150 valence electrons. The molecule has 0 aliphatic carbocycles. The Kier molecular flexibility index (Phi) is 7.03. The molecule has 29 heavy (non-hydrogen) atoms. The molecule has 2 aromatic carbocycles. The molecule has 3 aromatic rings. The van der Waals surface area contributed by atoms with Crippen molar-refractivity contribution >= 4 is 28.5 Å². The minimum Gasteiger partial charge on any atom is -0.494 e. The summed E-state index contributed by atoms with van der Waals surface area (Å²) in [6.07, 6.45) is 3.27. The zero-order valence-corrected chi connectivity index (χ0v) is 17.6. The van der Waals surface area contributed by atoms with Gasteiger partial charge >= 0.3 is 0 Å². The Bertz CT molecular complexity index is 976. The SMILES string of the molecule is CCOc1ccc(/C=C/C(=O)Nc2nc(-c3ccc(OCC)cc3)c(C)s2)cc1. The lowest BCUT2D eigenvalue weighted by Crippen LogP contribution is -2.07. The molecule has 1 heterocycles. The summed E-state index contributed by atoms with van der Waals surface area (Å²) in [6, 6.07) is 15.4. The normalized spacial score (nSPS) is 10.9. The Morgan fingerprint density at radius 3 is 2.17 bits per heavy atom. The molecule has 1 N–H and O–H groups in total. The van der Waals surface area contributed by atoms with E-state index < -0.39 is 0 Å². The number of nitrogens with zero attached hydrogens (tertiary/aromatic N) is 1. The van der Waals surface area contributed by atoms with E-state index in [1.165, 1.54) is 17.4 Å². The van der Waals surface area contributed by atoms with Crippen molar-refractivity contribution in [2.45, 2.75) is 20.8 Å². The Morgan fingerprint density at radius 1 is 1.00 bits per heavy atom. The van der Waals surface area contributed by atoms with Gasteiger partial charge in [-0.2, -0.15) is 0 Å². The monoisotopic (exact) mass is 408 g/mol. The number of amides is 1. The number of thiazole rings is 1. The molecule has 0 aliphatic rings. The number of nitrogens with one attached hydrogen (secondary N) is 1. The van der Waals surface area contributed by atoms with Crippen LogP contribution >= 0.6 is 11.3 Å². The fourth-order valence-electron chi connectivity index (χ4n) is 2.75. The van der Waals surface area contributed by atoms with Crippen LogP contribution in [0, 0.1) is 6.92 Å². The van der Waals surface area contributed by atoms with Gasteiger partial charge in [-0.05, 0) is 68.8 Å². The molecule has 0 bridgehead atoms. The highest BCUT2D eigenvalue weighted by Gasteiger charge is 2.11. The van der Waals surface area contributed by atoms with Gasteiger partial charge in [-0.15, -0.1) is 11.3 Å². The van der Waals surface area contributed by atoms with Crippen molar-refractivity contribution in [3.05, 3.63) is 65.0 Å². The summed E-state index contributed by atoms with van der Waals surface area (Å²) < 4.78 is 10.9. The second kappa shape index (κ2) is 9.89. The van der Waals surface area contributed by atoms with Crippen LogP contribution in [0.1, 0.15) is 24.3 Å². The third-order valence-electron chi connectivity index (χ3n) is 4.08. The minimum atomic E-state index is -0.217. The summed E-state index contributed by atoms with van der Waals surface area (Å²) in [4.78, 5) is 17.9. The molecule has 0 saturated heterocycles. The van der Waals surface area contributed by atoms with E-state index in [1.54, 1.807) is 6.08 Å². The van der Waals surface area contributed by atoms with Gasteiger partial charge in [0.25, 0.3) is 0 Å². The number of aryl methyl sites for hydroxylation is 1. The standard InChI is InChI=1S/C23H24N2O3S/c1-4-27-19-11-6-17(7-12-19)8-15-21(26)24-23-25-22(16(3)29-23)18-9-13-20(14-10-18)28-5-2/h6-15H,4-5H2,1-3H3,(H,24,25,26)/b15-8+. The van der Waals surface area contributed by atoms with Gasteiger partial charge in [-0.1, -0.05) is 12.1 Å². The van der Waals surface area contributed by atoms with Crippen LogP contribution in [-0.2, 0) is 4.79 Å². The first-order valence-electron chi connectivity index (χ1n) is 9.51. The average Bonchev–Trinajstić information content (AvgIpc) is 3.08. The van der Waals surface area contributed by atoms with E-state index in [0.717, 1.165) is 33.2 Å². The fourth-order valence-corrected chi connectivity index (χ4v) is 3.59. The molecule has 0 radical (unpaired) electrons. The van der Waals surface area contributed by atoms with Gasteiger partial charge < -0.3 is 9.47 Å². The third kappa shape index (κ3) is 5.68. The highest BCUT2D eigenvalue weighted by molar-refractivity contribution is 7.16. The van der Waals surface area contributed by atoms with Gasteiger partial charge in [0.05, 0.1) is 18.9 Å². The molecular weight excluding hydrogens is 384 g/mol. The van der Waals surface area contributed by atoms with Crippen molar-refractivity contribution in [3.63, 3.8) is 0 Å². The number of carbonyl (C=O) groups excluding carboxylic acids is 1. The van der Waals surface area contributed by atoms with Crippen molar-refractivity contribution in [2.24, 2.45) is 0 Å². The van der Waals surface area contributed by atoms with Crippen molar-refractivity contribution in [1.29, 1.82) is 0 Å². The van der Waals surface area contributed by atoms with Crippen LogP contribution in [0.25, 0.3) is 17.3 Å². The smallest absolute Gasteiger partial charge is 0.250 e. The Balaban J connectivity index is 1.64. The number of aromatic nitrogens is 1. The zero-order valence-electron chi connectivity index (χ0n) is 16.8. The van der Waals surface area contributed by atoms with E-state index in [2.05, 4.69) is 10.3 Å². The third-order valence-corrected chi connectivity index (χ3v) is 4.97. The Hall–Kier alpha value is -3.12. The van der Waals surface area contributed by atoms with Gasteiger partial charge in [-0.25, -0.2) is 4.98 Å². The summed E-state index contributed by atoms with van der Waals surface area (Å²) in [5.41, 5.74) is 2.78. The summed E-state index contributed by atoms with van der Waals surface area (Å²) in [6.45, 7) is 7.16. The highest BCUT2D eigenvalue weighted by atomic mass is 32.1. The number of hydrogen-bond acceptors (Lipinski definition) is 5. The van der Waals surface area contributed by atoms with Crippen LogP contribution in [0.4, 0.5) is 5.13 Å². The number of ether oxygens (including phenoxy) is 2. The number of anilines is 1. The molecule has 0 unspecified atom stereocenters. The molecule has 1 amide bonds. The van der Waals surface area contributed by atoms with Crippen molar-refractivity contribution < 1.29 is 14.3 Å². The van der Waals surface area contributed by atoms with Gasteiger partial charge in [-0.3, -0.25) is 10.1 Å². The molecule has 0 saturated carbocycles. The van der Waals surface area contributed by atoms with Crippen molar-refractivity contribution in [1.82, 2.24) is 4.98 Å². The second-order valence-corrected chi connectivity index (χ2v) is 7.41. The summed E-state index contributed by atoms with van der Waals surface area (Å²) >= 11 is 1.46. The predicted molar refractivity (Wildman–Crippen MR) is 119 cm³/mol. The lowest BCUT2D eigenvalue weighted by Gasteiger charge is -2.04. The highest BCUT2D eigenvalue weighted by Crippen LogP contribution is 2.31. The topological polar surface area (TPSA) is 60.5 Å². The molecule has 0 aliphatic heterocycles. The Morgan fingerprint density at radius 2 is 1.59 bits per heavy atom.